The van der Waals surface area contributed by atoms with Crippen LogP contribution in [-0.2, 0) is 70.3 Å². The Labute approximate surface area is 731 Å². The summed E-state index contributed by atoms with van der Waals surface area (Å²) in [6, 6.07) is 12.9. The molecular formula is C88H98Cl2N10O26. The van der Waals surface area contributed by atoms with Gasteiger partial charge in [0.15, 0.2) is 23.9 Å². The summed E-state index contributed by atoms with van der Waals surface area (Å²) < 4.78 is 45.6. The van der Waals surface area contributed by atoms with Crippen LogP contribution in [0.25, 0.3) is 11.1 Å². The third kappa shape index (κ3) is 21.0. The number of phenolic OH excluding ortho intramolecular Hbond substituents is 3. The average Bonchev–Trinajstić information content (AvgIpc) is 0.764. The van der Waals surface area contributed by atoms with Crippen LogP contribution in [0.4, 0.5) is 0 Å². The SMILES string of the molecule is C=CCCOc1cccc(CN[C@@]2(C)C[C@H](O[C@H]3[C@H](Oc4c5cc6cc4Oc4ccc(cc4Cl)[C@@H](O)[C@@H](NC(=O)C[C@@H](N)C4CCCCC4)C(=O)N[C@@H](CC(N)=O)C(=O)N[C@H]6C(=O)N[C@H]4C(=O)N[C@H](C(=O)N[C@H](C(=O)N[C@@H](Cc6ccccc6)C(=O)O)c6cc(O)cc(O)c6-c6cc4ccc6O)[C@H](O)c4ccc(c(Cl)c4)O5)O[C@H](CO)[C@@H](O)[C@@H]3O)O[C@@H](C)[C@H]2O)c1. The minimum Gasteiger partial charge on any atom is -0.508 e. The number of hydrogen-bond acceptors (Lipinski definition) is 27. The van der Waals surface area contributed by atoms with E-state index in [4.69, 9.17) is 67.8 Å². The molecule has 7 heterocycles. The predicted octanol–water partition coefficient (Wildman–Crippen LogP) is 4.28. The molecule has 0 unspecified atom stereocenters. The van der Waals surface area contributed by atoms with E-state index in [1.807, 2.05) is 12.1 Å². The number of nitrogens with two attached hydrogens (primary N) is 2. The molecule has 0 spiro atoms. The smallest absolute Gasteiger partial charge is 0.326 e. The molecule has 19 atom stereocenters. The minimum absolute atomic E-state index is 0.0910. The van der Waals surface area contributed by atoms with Crippen molar-refractivity contribution >= 4 is 76.4 Å². The first-order valence-corrected chi connectivity index (χ1v) is 41.6. The van der Waals surface area contributed by atoms with E-state index in [9.17, 15) is 65.4 Å². The van der Waals surface area contributed by atoms with Gasteiger partial charge in [0.05, 0.1) is 41.9 Å². The van der Waals surface area contributed by atoms with E-state index in [0.29, 0.717) is 37.2 Å². The summed E-state index contributed by atoms with van der Waals surface area (Å²) in [7, 11) is 0. The number of carboxylic acid groups (broad SMARTS) is 1. The first-order chi connectivity index (χ1) is 60.2. The van der Waals surface area contributed by atoms with Gasteiger partial charge in [-0.1, -0.05) is 109 Å². The van der Waals surface area contributed by atoms with Crippen LogP contribution in [0.5, 0.6) is 51.7 Å². The molecule has 38 heteroatoms. The van der Waals surface area contributed by atoms with Crippen molar-refractivity contribution in [1.29, 1.82) is 0 Å². The highest BCUT2D eigenvalue weighted by atomic mass is 35.5. The Morgan fingerprint density at radius 2 is 1.34 bits per heavy atom. The lowest BCUT2D eigenvalue weighted by atomic mass is 9.83. The molecule has 8 aliphatic rings. The largest absolute Gasteiger partial charge is 0.508 e. The monoisotopic (exact) mass is 1780 g/mol. The van der Waals surface area contributed by atoms with Gasteiger partial charge in [0.2, 0.25) is 59.3 Å². The molecule has 2 saturated heterocycles. The van der Waals surface area contributed by atoms with E-state index in [1.165, 1.54) is 12.1 Å². The number of ether oxygens (including phenoxy) is 7. The van der Waals surface area contributed by atoms with Crippen LogP contribution in [0.15, 0.2) is 146 Å². The fourth-order valence-corrected chi connectivity index (χ4v) is 16.8. The molecule has 8 amide bonds. The quantitative estimate of drug-likeness (QED) is 0.0314. The fourth-order valence-electron chi connectivity index (χ4n) is 16.4. The van der Waals surface area contributed by atoms with Crippen LogP contribution >= 0.6 is 23.2 Å². The highest BCUT2D eigenvalue weighted by Gasteiger charge is 2.53. The number of hydrogen-bond donors (Lipinski definition) is 20. The van der Waals surface area contributed by atoms with Gasteiger partial charge in [-0.2, -0.15) is 0 Å². The average molecular weight is 1780 g/mol. The number of aromatic hydroxyl groups is 3. The van der Waals surface area contributed by atoms with Crippen molar-refractivity contribution in [3.8, 4) is 62.9 Å². The lowest BCUT2D eigenvalue weighted by Gasteiger charge is -2.48. The first-order valence-electron chi connectivity index (χ1n) is 40.8. The molecule has 7 aliphatic heterocycles. The number of phenols is 3. The molecule has 670 valence electrons. The molecule has 15 rings (SSSR count). The van der Waals surface area contributed by atoms with Crippen LogP contribution in [0.3, 0.4) is 0 Å². The number of benzene rings is 7. The van der Waals surface area contributed by atoms with Crippen molar-refractivity contribution in [1.82, 2.24) is 42.5 Å². The van der Waals surface area contributed by atoms with E-state index >= 15 is 28.8 Å². The van der Waals surface area contributed by atoms with Crippen molar-refractivity contribution in [2.45, 2.75) is 200 Å². The second-order valence-electron chi connectivity index (χ2n) is 32.2. The van der Waals surface area contributed by atoms with E-state index in [1.54, 1.807) is 62.4 Å². The molecule has 11 bridgehead atoms. The van der Waals surface area contributed by atoms with E-state index in [0.717, 1.165) is 91.6 Å². The molecule has 0 aromatic heterocycles. The summed E-state index contributed by atoms with van der Waals surface area (Å²) in [5.41, 5.74) is 9.40. The van der Waals surface area contributed by atoms with Crippen LogP contribution in [0.1, 0.15) is 141 Å². The van der Waals surface area contributed by atoms with Gasteiger partial charge < -0.3 is 138 Å². The lowest BCUT2D eigenvalue weighted by Crippen LogP contribution is -2.65. The maximum Gasteiger partial charge on any atom is 0.326 e. The number of carbonyl (C=O) groups is 9. The number of aliphatic hydroxyl groups is 6. The van der Waals surface area contributed by atoms with E-state index in [-0.39, 0.29) is 59.2 Å². The Kier molecular flexibility index (Phi) is 29.1. The third-order valence-corrected chi connectivity index (χ3v) is 23.7. The Morgan fingerprint density at radius 3 is 2.00 bits per heavy atom. The molecule has 1 aliphatic carbocycles. The standard InChI is InChI=1S/C88H98Cl2N10O26/c1-4-5-25-120-49-18-12-15-42(26-49)38-93-88(3)37-66(121-40(2)79(88)111)125-78-76(110)75(109)63(39-101)124-87(78)126-77-61-31-47-32-62(77)123-60-24-21-46(30-53(60)90)74(108)72-85(117)99-70(83(115)95-56(86(118)119)27-41-13-8-6-9-14-41)51-33-48(102)34-58(104)67(51)50-28-44(19-22-57(50)103)68(81(113)100-72)98-82(114)69(47)97-80(112)55(36-64(92)105)94-84(116)71(73(107)45-20-23-59(122-61)52(89)29-45)96-65(106)35-54(91)43-16-10-7-11-17-43/h4,6,8-9,12-15,18-24,26,28-34,40,43,54-56,63,66,68-76,78-79,87,93,101-104,107-111H,1,5,7,10-11,16-17,25,27,35-39,91H2,2-3H3,(H2,92,105)(H,94,116)(H,95,115)(H,96,106)(H,97,112)(H,98,114)(H,99,117)(H,100,113)(H,118,119)/t40-,54+,55-,56-,63+,66-,68+,69+,70-,71+,72-,73+,74+,75+,76-,78+,79+,87-,88-/m0/s1. The number of amides is 8. The van der Waals surface area contributed by atoms with Gasteiger partial charge in [-0.05, 0) is 145 Å². The zero-order valence-electron chi connectivity index (χ0n) is 68.1. The number of fused-ring (bicyclic) bond motifs is 15. The summed E-state index contributed by atoms with van der Waals surface area (Å²) >= 11 is 14.4. The number of primary amides is 1. The van der Waals surface area contributed by atoms with Crippen LogP contribution in [0.2, 0.25) is 10.0 Å². The Morgan fingerprint density at radius 1 is 0.690 bits per heavy atom. The van der Waals surface area contributed by atoms with E-state index < -0.39 is 249 Å². The summed E-state index contributed by atoms with van der Waals surface area (Å²) in [5.74, 6) is -16.8. The molecule has 7 aromatic rings. The van der Waals surface area contributed by atoms with Crippen LogP contribution < -0.4 is 72.9 Å². The Bertz CT molecular complexity index is 5260. The zero-order valence-corrected chi connectivity index (χ0v) is 69.6. The van der Waals surface area contributed by atoms with Crippen molar-refractivity contribution in [2.24, 2.45) is 17.4 Å². The molecule has 3 fully saturated rings. The van der Waals surface area contributed by atoms with Crippen LogP contribution in [0, 0.1) is 5.92 Å². The zero-order chi connectivity index (χ0) is 90.3. The number of aliphatic carboxylic acids is 1. The van der Waals surface area contributed by atoms with Gasteiger partial charge in [-0.3, -0.25) is 38.4 Å². The normalized spacial score (nSPS) is 26.9. The summed E-state index contributed by atoms with van der Waals surface area (Å²) in [5, 5.41) is 138. The van der Waals surface area contributed by atoms with Crippen molar-refractivity contribution in [3.63, 3.8) is 0 Å². The van der Waals surface area contributed by atoms with Gasteiger partial charge in [0.25, 0.3) is 0 Å². The molecule has 22 N–H and O–H groups in total. The number of halogens is 2. The highest BCUT2D eigenvalue weighted by Crippen LogP contribution is 2.50. The number of aliphatic hydroxyl groups excluding tert-OH is 6. The molecule has 0 radical (unpaired) electrons. The second kappa shape index (κ2) is 39.8. The number of nitrogens with one attached hydrogen (secondary N) is 8. The Balaban J connectivity index is 0.983. The van der Waals surface area contributed by atoms with Crippen molar-refractivity contribution < 1.29 is 127 Å². The van der Waals surface area contributed by atoms with Crippen LogP contribution in [-0.4, -0.2) is 202 Å². The first kappa shape index (κ1) is 91.9. The van der Waals surface area contributed by atoms with Gasteiger partial charge >= 0.3 is 5.97 Å². The van der Waals surface area contributed by atoms with Gasteiger partial charge in [-0.15, -0.1) is 6.58 Å². The molecule has 36 nitrogen and oxygen atoms in total. The number of carbonyl (C=O) groups excluding carboxylic acids is 8. The molecular weight excluding hydrogens is 1680 g/mol. The molecule has 7 aromatic carbocycles. The molecule has 1 saturated carbocycles. The minimum atomic E-state index is -2.40. The fraction of sp³-hybridized carbons (Fsp3) is 0.398. The molecule has 126 heavy (non-hydrogen) atoms. The summed E-state index contributed by atoms with van der Waals surface area (Å²) in [6.07, 6.45) is -13.5. The van der Waals surface area contributed by atoms with Gasteiger partial charge in [0.1, 0.15) is 107 Å². The topological polar surface area (TPSA) is 569 Å². The van der Waals surface area contributed by atoms with Gasteiger partial charge in [-0.25, -0.2) is 4.79 Å². The summed E-state index contributed by atoms with van der Waals surface area (Å²) in [6.45, 7) is 6.54. The van der Waals surface area contributed by atoms with Crippen molar-refractivity contribution in [3.05, 3.63) is 195 Å². The maximum atomic E-state index is 16.4. The lowest BCUT2D eigenvalue weighted by molar-refractivity contribution is -0.334. The number of rotatable bonds is 23. The Hall–Kier alpha value is -11.8. The maximum absolute atomic E-state index is 16.4. The second-order valence-corrected chi connectivity index (χ2v) is 33.0. The number of carboxylic acids is 1. The summed E-state index contributed by atoms with van der Waals surface area (Å²) in [4.78, 5) is 135. The van der Waals surface area contributed by atoms with E-state index in [2.05, 4.69) is 49.1 Å². The third-order valence-electron chi connectivity index (χ3n) is 23.2. The van der Waals surface area contributed by atoms with Crippen molar-refractivity contribution in [2.75, 3.05) is 13.2 Å². The van der Waals surface area contributed by atoms with Gasteiger partial charge in [0, 0.05) is 54.6 Å². The highest BCUT2D eigenvalue weighted by molar-refractivity contribution is 6.32. The predicted molar refractivity (Wildman–Crippen MR) is 448 cm³/mol.